The van der Waals surface area contributed by atoms with Gasteiger partial charge in [-0.3, -0.25) is 14.2 Å². The van der Waals surface area contributed by atoms with Crippen LogP contribution in [0, 0.1) is 0 Å². The van der Waals surface area contributed by atoms with E-state index in [-0.39, 0.29) is 23.8 Å². The van der Waals surface area contributed by atoms with Crippen molar-refractivity contribution in [2.45, 2.75) is 135 Å². The van der Waals surface area contributed by atoms with Crippen LogP contribution >= 0.6 is 15.9 Å². The fourth-order valence-corrected chi connectivity index (χ4v) is 6.32. The Labute approximate surface area is 272 Å². The average molecular weight is 699 g/mol. The van der Waals surface area contributed by atoms with Crippen molar-refractivity contribution in [1.82, 2.24) is 19.8 Å². The lowest BCUT2D eigenvalue weighted by molar-refractivity contribution is -0.119. The summed E-state index contributed by atoms with van der Waals surface area (Å²) in [6.07, 6.45) is 7.26. The van der Waals surface area contributed by atoms with E-state index in [4.69, 9.17) is 14.3 Å². The van der Waals surface area contributed by atoms with Crippen molar-refractivity contribution in [2.75, 3.05) is 19.7 Å². The van der Waals surface area contributed by atoms with Crippen molar-refractivity contribution >= 4 is 47.5 Å². The summed E-state index contributed by atoms with van der Waals surface area (Å²) < 4.78 is 14.3. The lowest BCUT2D eigenvalue weighted by Gasteiger charge is -2.37. The number of imidazole rings is 1. The van der Waals surface area contributed by atoms with Crippen LogP contribution in [0.1, 0.15) is 97.3 Å². The van der Waals surface area contributed by atoms with E-state index in [1.54, 1.807) is 11.1 Å². The maximum absolute atomic E-state index is 13.6. The molecule has 13 heteroatoms. The Kier molecular flexibility index (Phi) is 13.0. The second-order valence-corrected chi connectivity index (χ2v) is 20.6. The second-order valence-electron chi connectivity index (χ2n) is 14.2. The summed E-state index contributed by atoms with van der Waals surface area (Å²) in [6.45, 7) is 16.4. The van der Waals surface area contributed by atoms with Crippen LogP contribution in [0.25, 0.3) is 0 Å². The van der Waals surface area contributed by atoms with Crippen molar-refractivity contribution < 1.29 is 28.7 Å². The summed E-state index contributed by atoms with van der Waals surface area (Å²) in [5.41, 5.74) is -0.811. The van der Waals surface area contributed by atoms with Gasteiger partial charge in [-0.1, -0.05) is 44.6 Å². The molecule has 0 aliphatic carbocycles. The number of nitrogens with zero attached hydrogens (tertiary/aromatic N) is 4. The molecule has 0 unspecified atom stereocenters. The highest BCUT2D eigenvalue weighted by molar-refractivity contribution is 9.10. The molecule has 3 rings (SSSR count). The highest BCUT2D eigenvalue weighted by atomic mass is 79.9. The average Bonchev–Trinajstić information content (AvgIpc) is 3.52. The molecule has 2 aliphatic rings. The van der Waals surface area contributed by atoms with Gasteiger partial charge in [0.1, 0.15) is 39.9 Å². The highest BCUT2D eigenvalue weighted by Crippen LogP contribution is 2.35. The smallest absolute Gasteiger partial charge is 0.410 e. The number of halogens is 1. The summed E-state index contributed by atoms with van der Waals surface area (Å²) in [4.78, 5) is 50.0. The van der Waals surface area contributed by atoms with Crippen molar-refractivity contribution in [3.8, 4) is 0 Å². The fourth-order valence-electron chi connectivity index (χ4n) is 5.17. The topological polar surface area (TPSA) is 124 Å². The fraction of sp³-hybridized carbons (Fsp3) is 0.774. The van der Waals surface area contributed by atoms with Gasteiger partial charge >= 0.3 is 6.09 Å². The first-order valence-electron chi connectivity index (χ1n) is 16.0. The van der Waals surface area contributed by atoms with Crippen LogP contribution in [0.15, 0.2) is 16.0 Å². The third-order valence-electron chi connectivity index (χ3n) is 7.94. The van der Waals surface area contributed by atoms with Crippen LogP contribution < -0.4 is 5.32 Å². The van der Waals surface area contributed by atoms with Crippen molar-refractivity contribution in [2.24, 2.45) is 5.16 Å². The van der Waals surface area contributed by atoms with E-state index in [2.05, 4.69) is 51.0 Å². The SMILES string of the molecule is CCC(=O)CCCCC[C@H](NC(=O)C1=NOC2(CCN(C(=O)OC(C)(C)C)CC2)C1)c1ncc(Br)n1COCC[Si](C)(C)C. The number of piperidine rings is 1. The number of hydrogen-bond acceptors (Lipinski definition) is 8. The van der Waals surface area contributed by atoms with Crippen LogP contribution in [-0.4, -0.2) is 76.9 Å². The molecule has 1 N–H and O–H groups in total. The van der Waals surface area contributed by atoms with Gasteiger partial charge in [-0.25, -0.2) is 9.78 Å². The molecule has 11 nitrogen and oxygen atoms in total. The lowest BCUT2D eigenvalue weighted by atomic mass is 9.87. The molecule has 0 aromatic carbocycles. The number of aromatic nitrogens is 2. The zero-order valence-corrected chi connectivity index (χ0v) is 30.3. The molecule has 0 saturated carbocycles. The molecule has 1 fully saturated rings. The number of ketones is 1. The largest absolute Gasteiger partial charge is 0.444 e. The van der Waals surface area contributed by atoms with Crippen molar-refractivity contribution in [3.05, 3.63) is 16.6 Å². The molecular weight excluding hydrogens is 646 g/mol. The third-order valence-corrected chi connectivity index (χ3v) is 10.3. The Morgan fingerprint density at radius 2 is 1.86 bits per heavy atom. The maximum atomic E-state index is 13.6. The van der Waals surface area contributed by atoms with E-state index in [0.29, 0.717) is 76.5 Å². The van der Waals surface area contributed by atoms with E-state index in [1.807, 2.05) is 32.3 Å². The summed E-state index contributed by atoms with van der Waals surface area (Å²) in [6, 6.07) is 0.687. The predicted molar refractivity (Wildman–Crippen MR) is 176 cm³/mol. The van der Waals surface area contributed by atoms with E-state index in [9.17, 15) is 14.4 Å². The zero-order valence-electron chi connectivity index (χ0n) is 27.7. The van der Waals surface area contributed by atoms with Gasteiger partial charge in [0.15, 0.2) is 0 Å². The van der Waals surface area contributed by atoms with E-state index < -0.39 is 19.3 Å². The summed E-state index contributed by atoms with van der Waals surface area (Å²) >= 11 is 3.60. The molecule has 2 amide bonds. The normalized spacial score (nSPS) is 17.3. The van der Waals surface area contributed by atoms with Gasteiger partial charge in [0, 0.05) is 59.9 Å². The Morgan fingerprint density at radius 1 is 1.16 bits per heavy atom. The number of ether oxygens (including phenoxy) is 2. The number of carbonyl (C=O) groups excluding carboxylic acids is 3. The van der Waals surface area contributed by atoms with Crippen LogP contribution in [-0.2, 0) is 30.6 Å². The molecule has 1 saturated heterocycles. The molecule has 0 radical (unpaired) electrons. The maximum Gasteiger partial charge on any atom is 0.410 e. The zero-order chi connectivity index (χ0) is 32.5. The Hall–Kier alpha value is -2.25. The minimum absolute atomic E-state index is 0.273. The van der Waals surface area contributed by atoms with Crippen LogP contribution in [0.3, 0.4) is 0 Å². The number of nitrogens with one attached hydrogen (secondary N) is 1. The van der Waals surface area contributed by atoms with E-state index in [0.717, 1.165) is 29.9 Å². The number of carbonyl (C=O) groups is 3. The molecule has 1 spiro atoms. The predicted octanol–water partition coefficient (Wildman–Crippen LogP) is 6.59. The van der Waals surface area contributed by atoms with E-state index >= 15 is 0 Å². The highest BCUT2D eigenvalue weighted by Gasteiger charge is 2.45. The first-order chi connectivity index (χ1) is 20.6. The molecule has 2 aliphatic heterocycles. The van der Waals surface area contributed by atoms with Crippen molar-refractivity contribution in [3.63, 3.8) is 0 Å². The van der Waals surface area contributed by atoms with Crippen molar-refractivity contribution in [1.29, 1.82) is 0 Å². The summed E-state index contributed by atoms with van der Waals surface area (Å²) in [7, 11) is -1.23. The first kappa shape index (κ1) is 36.2. The molecule has 1 aromatic rings. The summed E-state index contributed by atoms with van der Waals surface area (Å²) in [5, 5.41) is 7.39. The minimum Gasteiger partial charge on any atom is -0.444 e. The lowest BCUT2D eigenvalue weighted by Crippen LogP contribution is -2.48. The van der Waals surface area contributed by atoms with Gasteiger partial charge in [-0.2, -0.15) is 0 Å². The first-order valence-corrected chi connectivity index (χ1v) is 20.5. The molecule has 1 atom stereocenters. The molecule has 1 aromatic heterocycles. The molecular formula is C31H52BrN5O6Si. The monoisotopic (exact) mass is 697 g/mol. The van der Waals surface area contributed by atoms with Gasteiger partial charge < -0.3 is 24.5 Å². The molecule has 44 heavy (non-hydrogen) atoms. The Balaban J connectivity index is 1.63. The van der Waals surface area contributed by atoms with Gasteiger partial charge in [-0.05, 0) is 55.6 Å². The standard InChI is InChI=1S/C31H52BrN5O6Si/c1-8-23(38)12-10-9-11-13-24(27-33-21-26(32)37(27)22-41-18-19-44(5,6)7)34-28(39)25-20-31(43-35-25)14-16-36(17-15-31)29(40)42-30(2,3)4/h21,24H,8-20,22H2,1-7H3,(H,34,39)/t24-/m0/s1. The molecule has 248 valence electrons. The Morgan fingerprint density at radius 3 is 2.50 bits per heavy atom. The van der Waals surface area contributed by atoms with Gasteiger partial charge in [-0.15, -0.1) is 0 Å². The van der Waals surface area contributed by atoms with Gasteiger partial charge in [0.2, 0.25) is 0 Å². The van der Waals surface area contributed by atoms with Gasteiger partial charge in [0.25, 0.3) is 5.91 Å². The van der Waals surface area contributed by atoms with Crippen LogP contribution in [0.4, 0.5) is 4.79 Å². The molecule has 3 heterocycles. The minimum atomic E-state index is -1.23. The molecule has 0 bridgehead atoms. The Bertz CT molecular complexity index is 1170. The number of amides is 2. The van der Waals surface area contributed by atoms with E-state index in [1.165, 1.54) is 0 Å². The number of rotatable bonds is 15. The number of hydrogen-bond donors (Lipinski definition) is 1. The number of unbranched alkanes of at least 4 members (excludes halogenated alkanes) is 2. The second kappa shape index (κ2) is 15.8. The van der Waals surface area contributed by atoms with Crippen LogP contribution in [0.5, 0.6) is 0 Å². The number of likely N-dealkylation sites (tertiary alicyclic amines) is 1. The number of oxime groups is 1. The van der Waals surface area contributed by atoms with Crippen LogP contribution in [0.2, 0.25) is 25.7 Å². The summed E-state index contributed by atoms with van der Waals surface area (Å²) in [5.74, 6) is 0.700. The quantitative estimate of drug-likeness (QED) is 0.162. The van der Waals surface area contributed by atoms with Gasteiger partial charge in [0.05, 0.1) is 12.2 Å². The number of Topliss-reactive ketones (excluding diaryl/α,β-unsaturated/α-hetero) is 1. The third kappa shape index (κ3) is 11.3.